The standard InChI is InChI=1S/C17H22Cl3N3O2/c1-5-8-22-14(24)13(17(18,19)20)23(11-16(2,3)4)15(25)12-6-9-21-10-7-12/h5-7,9-10,13H,1,8,11H2,2-4H3,(H,22,24). The largest absolute Gasteiger partial charge is 0.351 e. The molecule has 0 aromatic carbocycles. The summed E-state index contributed by atoms with van der Waals surface area (Å²) in [5, 5.41) is 2.59. The zero-order chi connectivity index (χ0) is 19.3. The van der Waals surface area contributed by atoms with Crippen LogP contribution in [-0.2, 0) is 4.79 Å². The van der Waals surface area contributed by atoms with Crippen molar-refractivity contribution in [3.05, 3.63) is 42.7 Å². The molecule has 1 heterocycles. The molecule has 1 rings (SSSR count). The number of carbonyl (C=O) groups is 2. The molecule has 1 unspecified atom stereocenters. The summed E-state index contributed by atoms with van der Waals surface area (Å²) in [7, 11) is 0. The number of pyridine rings is 1. The molecule has 1 N–H and O–H groups in total. The van der Waals surface area contributed by atoms with Gasteiger partial charge in [-0.05, 0) is 17.5 Å². The highest BCUT2D eigenvalue weighted by molar-refractivity contribution is 6.69. The Morgan fingerprint density at radius 3 is 2.28 bits per heavy atom. The number of hydrogen-bond donors (Lipinski definition) is 1. The van der Waals surface area contributed by atoms with Crippen LogP contribution in [0.4, 0.5) is 0 Å². The molecule has 0 aliphatic heterocycles. The van der Waals surface area contributed by atoms with Gasteiger partial charge < -0.3 is 10.2 Å². The third kappa shape index (κ3) is 6.84. The van der Waals surface area contributed by atoms with Crippen LogP contribution in [0.5, 0.6) is 0 Å². The maximum atomic E-state index is 13.0. The van der Waals surface area contributed by atoms with Crippen molar-refractivity contribution in [3.63, 3.8) is 0 Å². The summed E-state index contributed by atoms with van der Waals surface area (Å²) >= 11 is 18.2. The van der Waals surface area contributed by atoms with Gasteiger partial charge in [0.2, 0.25) is 9.70 Å². The van der Waals surface area contributed by atoms with Gasteiger partial charge in [-0.1, -0.05) is 61.7 Å². The summed E-state index contributed by atoms with van der Waals surface area (Å²) in [6.07, 6.45) is 4.49. The molecule has 0 saturated heterocycles. The van der Waals surface area contributed by atoms with Gasteiger partial charge in [0.15, 0.2) is 6.04 Å². The van der Waals surface area contributed by atoms with Crippen LogP contribution < -0.4 is 5.32 Å². The lowest BCUT2D eigenvalue weighted by Gasteiger charge is -2.38. The minimum atomic E-state index is -2.00. The Labute approximate surface area is 163 Å². The first kappa shape index (κ1) is 21.7. The molecule has 0 spiro atoms. The van der Waals surface area contributed by atoms with Crippen LogP contribution >= 0.6 is 34.8 Å². The lowest BCUT2D eigenvalue weighted by atomic mass is 9.94. The Morgan fingerprint density at radius 2 is 1.84 bits per heavy atom. The minimum absolute atomic E-state index is 0.197. The molecule has 5 nitrogen and oxygen atoms in total. The van der Waals surface area contributed by atoms with Gasteiger partial charge in [0, 0.05) is 31.0 Å². The summed E-state index contributed by atoms with van der Waals surface area (Å²) in [6, 6.07) is 1.81. The summed E-state index contributed by atoms with van der Waals surface area (Å²) in [4.78, 5) is 30.8. The molecule has 0 radical (unpaired) electrons. The zero-order valence-electron chi connectivity index (χ0n) is 14.4. The normalized spacial score (nSPS) is 13.0. The van der Waals surface area contributed by atoms with Gasteiger partial charge in [-0.2, -0.15) is 0 Å². The molecule has 0 fully saturated rings. The van der Waals surface area contributed by atoms with Crippen LogP contribution in [0.3, 0.4) is 0 Å². The molecule has 1 aromatic rings. The molecule has 0 bridgehead atoms. The van der Waals surface area contributed by atoms with Crippen LogP contribution in [0.1, 0.15) is 31.1 Å². The molecule has 25 heavy (non-hydrogen) atoms. The first-order valence-electron chi connectivity index (χ1n) is 7.63. The Hall–Kier alpha value is -1.30. The molecule has 0 aliphatic rings. The number of halogens is 3. The van der Waals surface area contributed by atoms with E-state index in [-0.39, 0.29) is 18.5 Å². The van der Waals surface area contributed by atoms with Crippen molar-refractivity contribution >= 4 is 46.6 Å². The fraction of sp³-hybridized carbons (Fsp3) is 0.471. The van der Waals surface area contributed by atoms with Crippen molar-refractivity contribution in [2.24, 2.45) is 5.41 Å². The zero-order valence-corrected chi connectivity index (χ0v) is 16.7. The fourth-order valence-electron chi connectivity index (χ4n) is 2.19. The number of aromatic nitrogens is 1. The Morgan fingerprint density at radius 1 is 1.28 bits per heavy atom. The average molecular weight is 407 g/mol. The van der Waals surface area contributed by atoms with Gasteiger partial charge in [-0.25, -0.2) is 0 Å². The highest BCUT2D eigenvalue weighted by atomic mass is 35.6. The number of nitrogens with zero attached hydrogens (tertiary/aromatic N) is 2. The van der Waals surface area contributed by atoms with E-state index in [1.54, 1.807) is 12.1 Å². The van der Waals surface area contributed by atoms with Crippen LogP contribution in [-0.4, -0.2) is 44.6 Å². The van der Waals surface area contributed by atoms with Gasteiger partial charge in [0.05, 0.1) is 0 Å². The van der Waals surface area contributed by atoms with E-state index >= 15 is 0 Å². The van der Waals surface area contributed by atoms with Crippen molar-refractivity contribution in [1.29, 1.82) is 0 Å². The molecule has 0 aliphatic carbocycles. The van der Waals surface area contributed by atoms with E-state index in [4.69, 9.17) is 34.8 Å². The van der Waals surface area contributed by atoms with Crippen LogP contribution in [0.25, 0.3) is 0 Å². The van der Waals surface area contributed by atoms with Crippen molar-refractivity contribution in [1.82, 2.24) is 15.2 Å². The lowest BCUT2D eigenvalue weighted by molar-refractivity contribution is -0.125. The summed E-state index contributed by atoms with van der Waals surface area (Å²) in [5.74, 6) is -0.978. The number of carbonyl (C=O) groups excluding carboxylic acids is 2. The van der Waals surface area contributed by atoms with Crippen LogP contribution in [0.2, 0.25) is 0 Å². The second-order valence-corrected chi connectivity index (χ2v) is 9.08. The molecule has 2 amide bonds. The molecule has 1 atom stereocenters. The van der Waals surface area contributed by atoms with E-state index in [9.17, 15) is 9.59 Å². The number of rotatable bonds is 6. The number of hydrogen-bond acceptors (Lipinski definition) is 3. The maximum absolute atomic E-state index is 13.0. The van der Waals surface area contributed by atoms with Crippen LogP contribution in [0, 0.1) is 5.41 Å². The highest BCUT2D eigenvalue weighted by Gasteiger charge is 2.45. The monoisotopic (exact) mass is 405 g/mol. The minimum Gasteiger partial charge on any atom is -0.351 e. The average Bonchev–Trinajstić information content (AvgIpc) is 2.49. The topological polar surface area (TPSA) is 62.3 Å². The predicted octanol–water partition coefficient (Wildman–Crippen LogP) is 3.61. The lowest BCUT2D eigenvalue weighted by Crippen LogP contribution is -2.57. The quantitative estimate of drug-likeness (QED) is 0.580. The first-order valence-corrected chi connectivity index (χ1v) is 8.77. The number of nitrogens with one attached hydrogen (secondary N) is 1. The van der Waals surface area contributed by atoms with Gasteiger partial charge in [0.1, 0.15) is 0 Å². The highest BCUT2D eigenvalue weighted by Crippen LogP contribution is 2.35. The molecule has 8 heteroatoms. The van der Waals surface area contributed by atoms with Gasteiger partial charge >= 0.3 is 0 Å². The third-order valence-corrected chi connectivity index (χ3v) is 3.74. The Balaban J connectivity index is 3.32. The van der Waals surface area contributed by atoms with Crippen molar-refractivity contribution in [2.75, 3.05) is 13.1 Å². The molecule has 0 saturated carbocycles. The summed E-state index contributed by atoms with van der Waals surface area (Å²) in [5.41, 5.74) is 0.0327. The molecular formula is C17H22Cl3N3O2. The second-order valence-electron chi connectivity index (χ2n) is 6.71. The Kier molecular flexibility index (Phi) is 7.72. The van der Waals surface area contributed by atoms with E-state index in [0.717, 1.165) is 0 Å². The third-order valence-electron chi connectivity index (χ3n) is 3.12. The number of amides is 2. The van der Waals surface area contributed by atoms with E-state index in [2.05, 4.69) is 16.9 Å². The van der Waals surface area contributed by atoms with Gasteiger partial charge in [0.25, 0.3) is 5.91 Å². The maximum Gasteiger partial charge on any atom is 0.254 e. The first-order chi connectivity index (χ1) is 11.5. The second kappa shape index (κ2) is 8.88. The SMILES string of the molecule is C=CCNC(=O)C(N(CC(C)(C)C)C(=O)c1ccncc1)C(Cl)(Cl)Cl. The van der Waals surface area contributed by atoms with Gasteiger partial charge in [-0.15, -0.1) is 6.58 Å². The Bertz CT molecular complexity index is 610. The van der Waals surface area contributed by atoms with Crippen molar-refractivity contribution in [3.8, 4) is 0 Å². The fourth-order valence-corrected chi connectivity index (χ4v) is 2.84. The van der Waals surface area contributed by atoms with Crippen molar-refractivity contribution < 1.29 is 9.59 Å². The summed E-state index contributed by atoms with van der Waals surface area (Å²) < 4.78 is -2.00. The smallest absolute Gasteiger partial charge is 0.254 e. The molecule has 1 aromatic heterocycles. The van der Waals surface area contributed by atoms with E-state index < -0.39 is 21.6 Å². The molecule has 138 valence electrons. The van der Waals surface area contributed by atoms with E-state index in [1.807, 2.05) is 20.8 Å². The van der Waals surface area contributed by atoms with E-state index in [1.165, 1.54) is 23.4 Å². The van der Waals surface area contributed by atoms with Crippen molar-refractivity contribution in [2.45, 2.75) is 30.6 Å². The molecular weight excluding hydrogens is 385 g/mol. The number of alkyl halides is 3. The summed E-state index contributed by atoms with van der Waals surface area (Å²) in [6.45, 7) is 9.74. The van der Waals surface area contributed by atoms with E-state index in [0.29, 0.717) is 5.56 Å². The predicted molar refractivity (Wildman–Crippen MR) is 102 cm³/mol. The van der Waals surface area contributed by atoms with Crippen LogP contribution in [0.15, 0.2) is 37.2 Å². The van der Waals surface area contributed by atoms with Gasteiger partial charge in [-0.3, -0.25) is 14.6 Å².